The fourth-order valence-electron chi connectivity index (χ4n) is 2.55. The highest BCUT2D eigenvalue weighted by Gasteiger charge is 2.17. The molecule has 0 atom stereocenters. The van der Waals surface area contributed by atoms with Gasteiger partial charge < -0.3 is 20.1 Å². The van der Waals surface area contributed by atoms with Gasteiger partial charge in [-0.3, -0.25) is 9.79 Å². The van der Waals surface area contributed by atoms with Crippen molar-refractivity contribution < 1.29 is 9.32 Å². The predicted octanol–water partition coefficient (Wildman–Crippen LogP) is 3.36. The molecule has 1 aromatic carbocycles. The van der Waals surface area contributed by atoms with Crippen molar-refractivity contribution in [3.05, 3.63) is 35.2 Å². The Balaban J connectivity index is 0.00000450. The van der Waals surface area contributed by atoms with E-state index in [0.29, 0.717) is 42.2 Å². The fourth-order valence-corrected chi connectivity index (χ4v) is 2.67. The first-order valence-corrected chi connectivity index (χ1v) is 9.94. The molecule has 30 heavy (non-hydrogen) atoms. The highest BCUT2D eigenvalue weighted by molar-refractivity contribution is 14.0. The fraction of sp³-hybridized carbons (Fsp3) is 0.500. The third-order valence-corrected chi connectivity index (χ3v) is 4.00. The number of aliphatic imine (C=N–C) groups is 1. The maximum absolute atomic E-state index is 12.2. The molecule has 0 unspecified atom stereocenters. The Morgan fingerprint density at radius 3 is 2.53 bits per heavy atom. The average molecular weight is 549 g/mol. The lowest BCUT2D eigenvalue weighted by Gasteiger charge is -2.25. The minimum Gasteiger partial charge on any atom is -0.357 e. The third-order valence-electron chi connectivity index (χ3n) is 3.75. The average Bonchev–Trinajstić information content (AvgIpc) is 3.08. The molecule has 2 N–H and O–H groups in total. The number of guanidine groups is 1. The summed E-state index contributed by atoms with van der Waals surface area (Å²) in [7, 11) is 1.83. The van der Waals surface area contributed by atoms with E-state index in [-0.39, 0.29) is 42.0 Å². The zero-order valence-corrected chi connectivity index (χ0v) is 21.1. The SMILES string of the molecule is CCNC(=NCCc1nc(-c2ccc(Cl)cc2)no1)N(C)CC(=O)NC(C)(C)C.I. The summed E-state index contributed by atoms with van der Waals surface area (Å²) in [5, 5.41) is 10.8. The number of nitrogens with one attached hydrogen (secondary N) is 2. The molecule has 0 aliphatic carbocycles. The topological polar surface area (TPSA) is 95.7 Å². The second-order valence-corrected chi connectivity index (χ2v) is 8.09. The molecular weight excluding hydrogens is 519 g/mol. The molecule has 0 bridgehead atoms. The number of carbonyl (C=O) groups excluding carboxylic acids is 1. The summed E-state index contributed by atoms with van der Waals surface area (Å²) in [6.45, 7) is 9.20. The van der Waals surface area contributed by atoms with Gasteiger partial charge in [0.05, 0.1) is 13.1 Å². The number of benzene rings is 1. The van der Waals surface area contributed by atoms with Crippen LogP contribution < -0.4 is 10.6 Å². The molecule has 166 valence electrons. The van der Waals surface area contributed by atoms with Crippen molar-refractivity contribution >= 4 is 47.4 Å². The van der Waals surface area contributed by atoms with Crippen molar-refractivity contribution in [2.75, 3.05) is 26.7 Å². The smallest absolute Gasteiger partial charge is 0.240 e. The largest absolute Gasteiger partial charge is 0.357 e. The number of amides is 1. The van der Waals surface area contributed by atoms with Crippen molar-refractivity contribution in [2.45, 2.75) is 39.7 Å². The number of likely N-dealkylation sites (N-methyl/N-ethyl adjacent to an activating group) is 1. The molecule has 0 saturated carbocycles. The van der Waals surface area contributed by atoms with Crippen LogP contribution in [0.3, 0.4) is 0 Å². The number of hydrogen-bond acceptors (Lipinski definition) is 5. The summed E-state index contributed by atoms with van der Waals surface area (Å²) in [5.41, 5.74) is 0.568. The van der Waals surface area contributed by atoms with Crippen LogP contribution in [0.4, 0.5) is 0 Å². The number of nitrogens with zero attached hydrogens (tertiary/aromatic N) is 4. The zero-order chi connectivity index (χ0) is 21.4. The summed E-state index contributed by atoms with van der Waals surface area (Å²) in [6.07, 6.45) is 0.498. The van der Waals surface area contributed by atoms with Crippen LogP contribution in [0.15, 0.2) is 33.8 Å². The molecule has 0 radical (unpaired) electrons. The number of carbonyl (C=O) groups is 1. The van der Waals surface area contributed by atoms with Crippen LogP contribution in [-0.2, 0) is 11.2 Å². The van der Waals surface area contributed by atoms with E-state index in [2.05, 4.69) is 25.8 Å². The van der Waals surface area contributed by atoms with E-state index in [1.807, 2.05) is 46.9 Å². The first kappa shape index (κ1) is 26.2. The van der Waals surface area contributed by atoms with Gasteiger partial charge in [0.1, 0.15) is 0 Å². The minimum absolute atomic E-state index is 0. The molecule has 1 heterocycles. The van der Waals surface area contributed by atoms with E-state index in [1.54, 1.807) is 17.0 Å². The standard InChI is InChI=1S/C20H29ClN6O2.HI/c1-6-22-19(27(5)13-16(28)25-20(2,3)4)23-12-11-17-24-18(26-29-17)14-7-9-15(21)10-8-14;/h7-10H,6,11-13H2,1-5H3,(H,22,23)(H,25,28);1H. The van der Waals surface area contributed by atoms with Gasteiger partial charge in [-0.05, 0) is 52.0 Å². The Hall–Kier alpha value is -1.88. The van der Waals surface area contributed by atoms with Crippen LogP contribution in [0, 0.1) is 0 Å². The Bertz CT molecular complexity index is 833. The van der Waals surface area contributed by atoms with E-state index >= 15 is 0 Å². The van der Waals surface area contributed by atoms with Crippen LogP contribution >= 0.6 is 35.6 Å². The van der Waals surface area contributed by atoms with Crippen LogP contribution in [-0.4, -0.2) is 59.1 Å². The van der Waals surface area contributed by atoms with E-state index in [1.165, 1.54) is 0 Å². The molecule has 10 heteroatoms. The van der Waals surface area contributed by atoms with E-state index < -0.39 is 0 Å². The molecule has 0 aliphatic rings. The molecule has 0 aliphatic heterocycles. The number of hydrogen-bond donors (Lipinski definition) is 2. The normalized spacial score (nSPS) is 11.6. The van der Waals surface area contributed by atoms with Gasteiger partial charge in [0.25, 0.3) is 0 Å². The summed E-state index contributed by atoms with van der Waals surface area (Å²) in [6, 6.07) is 7.25. The van der Waals surface area contributed by atoms with Crippen molar-refractivity contribution in [2.24, 2.45) is 4.99 Å². The van der Waals surface area contributed by atoms with E-state index in [4.69, 9.17) is 16.1 Å². The quantitative estimate of drug-likeness (QED) is 0.313. The van der Waals surface area contributed by atoms with Crippen molar-refractivity contribution in [1.29, 1.82) is 0 Å². The minimum atomic E-state index is -0.271. The lowest BCUT2D eigenvalue weighted by Crippen LogP contribution is -2.48. The van der Waals surface area contributed by atoms with Gasteiger partial charge in [0.2, 0.25) is 17.6 Å². The van der Waals surface area contributed by atoms with Crippen molar-refractivity contribution in [1.82, 2.24) is 25.7 Å². The van der Waals surface area contributed by atoms with Gasteiger partial charge in [-0.25, -0.2) is 0 Å². The zero-order valence-electron chi connectivity index (χ0n) is 18.0. The Morgan fingerprint density at radius 1 is 1.27 bits per heavy atom. The van der Waals surface area contributed by atoms with Crippen LogP contribution in [0.1, 0.15) is 33.6 Å². The van der Waals surface area contributed by atoms with Crippen molar-refractivity contribution in [3.8, 4) is 11.4 Å². The maximum Gasteiger partial charge on any atom is 0.240 e. The molecule has 0 saturated heterocycles. The molecule has 2 rings (SSSR count). The van der Waals surface area contributed by atoms with Gasteiger partial charge in [-0.15, -0.1) is 24.0 Å². The van der Waals surface area contributed by atoms with Crippen molar-refractivity contribution in [3.63, 3.8) is 0 Å². The van der Waals surface area contributed by atoms with Gasteiger partial charge in [-0.1, -0.05) is 16.8 Å². The second kappa shape index (κ2) is 12.1. The summed E-state index contributed by atoms with van der Waals surface area (Å²) >= 11 is 5.90. The van der Waals surface area contributed by atoms with E-state index in [9.17, 15) is 4.79 Å². The van der Waals surface area contributed by atoms with Crippen LogP contribution in [0.5, 0.6) is 0 Å². The highest BCUT2D eigenvalue weighted by atomic mass is 127. The van der Waals surface area contributed by atoms with Gasteiger partial charge in [0, 0.05) is 36.1 Å². The number of aromatic nitrogens is 2. The maximum atomic E-state index is 12.2. The number of halogens is 2. The van der Waals surface area contributed by atoms with Gasteiger partial charge >= 0.3 is 0 Å². The molecule has 1 amide bonds. The van der Waals surface area contributed by atoms with Crippen LogP contribution in [0.25, 0.3) is 11.4 Å². The molecular formula is C20H30ClIN6O2. The molecule has 0 fully saturated rings. The predicted molar refractivity (Wildman–Crippen MR) is 130 cm³/mol. The van der Waals surface area contributed by atoms with E-state index in [0.717, 1.165) is 5.56 Å². The first-order valence-electron chi connectivity index (χ1n) is 9.57. The summed E-state index contributed by atoms with van der Waals surface area (Å²) < 4.78 is 5.31. The lowest BCUT2D eigenvalue weighted by molar-refractivity contribution is -0.122. The highest BCUT2D eigenvalue weighted by Crippen LogP contribution is 2.18. The third kappa shape index (κ3) is 8.86. The summed E-state index contributed by atoms with van der Waals surface area (Å²) in [4.78, 5) is 22.9. The Morgan fingerprint density at radius 2 is 1.93 bits per heavy atom. The molecule has 8 nitrogen and oxygen atoms in total. The molecule has 1 aromatic heterocycles. The Kier molecular flexibility index (Phi) is 10.5. The van der Waals surface area contributed by atoms with Gasteiger partial charge in [-0.2, -0.15) is 4.98 Å². The Labute approximate surface area is 199 Å². The van der Waals surface area contributed by atoms with Gasteiger partial charge in [0.15, 0.2) is 5.96 Å². The number of rotatable bonds is 7. The monoisotopic (exact) mass is 548 g/mol. The molecule has 0 spiro atoms. The first-order chi connectivity index (χ1) is 13.7. The molecule has 2 aromatic rings. The summed E-state index contributed by atoms with van der Waals surface area (Å²) in [5.74, 6) is 1.61. The second-order valence-electron chi connectivity index (χ2n) is 7.66. The lowest BCUT2D eigenvalue weighted by atomic mass is 10.1. The van der Waals surface area contributed by atoms with Crippen LogP contribution in [0.2, 0.25) is 5.02 Å².